The van der Waals surface area contributed by atoms with Gasteiger partial charge in [0.25, 0.3) is 0 Å². The molecule has 0 N–H and O–H groups in total. The number of rotatable bonds is 2. The predicted molar refractivity (Wildman–Crippen MR) is 181 cm³/mol. The van der Waals surface area contributed by atoms with Gasteiger partial charge in [0.15, 0.2) is 0 Å². The maximum atomic E-state index is 3.65. The molecule has 0 aliphatic heterocycles. The molecule has 0 radical (unpaired) electrons. The van der Waals surface area contributed by atoms with Gasteiger partial charge in [-0.2, -0.15) is 17.2 Å². The number of allylic oxidation sites excluding steroid dienone is 8. The van der Waals surface area contributed by atoms with E-state index in [-0.39, 0.29) is 35.6 Å². The first-order chi connectivity index (χ1) is 19.4. The van der Waals surface area contributed by atoms with Gasteiger partial charge in [0.2, 0.25) is 0 Å². The molecule has 4 aliphatic rings. The maximum absolute atomic E-state index is 3.65. The van der Waals surface area contributed by atoms with Crippen LogP contribution in [0.25, 0.3) is 22.3 Å². The topological polar surface area (TPSA) is 0 Å². The van der Waals surface area contributed by atoms with Crippen molar-refractivity contribution in [1.29, 1.82) is 0 Å². The van der Waals surface area contributed by atoms with Crippen LogP contribution in [0.3, 0.4) is 0 Å². The molecule has 3 heteroatoms. The van der Waals surface area contributed by atoms with Crippen LogP contribution in [0.1, 0.15) is 136 Å². The van der Waals surface area contributed by atoms with E-state index in [2.05, 4.69) is 139 Å². The van der Waals surface area contributed by atoms with Gasteiger partial charge in [-0.05, 0) is 58.4 Å². The number of benzene rings is 2. The molecule has 2 aromatic carbocycles. The first kappa shape index (κ1) is 38.9. The van der Waals surface area contributed by atoms with Crippen molar-refractivity contribution in [1.82, 2.24) is 0 Å². The number of halogens is 2. The third kappa shape index (κ3) is 7.81. The van der Waals surface area contributed by atoms with Crippen molar-refractivity contribution in [2.75, 3.05) is 0 Å². The van der Waals surface area contributed by atoms with Crippen LogP contribution in [-0.4, -0.2) is 3.21 Å². The summed E-state index contributed by atoms with van der Waals surface area (Å²) >= 11 is 1.55. The minimum absolute atomic E-state index is 0. The molecule has 0 bridgehead atoms. The second kappa shape index (κ2) is 14.2. The molecule has 236 valence electrons. The van der Waals surface area contributed by atoms with Gasteiger partial charge in [-0.25, -0.2) is 11.1 Å². The van der Waals surface area contributed by atoms with Gasteiger partial charge in [-0.1, -0.05) is 117 Å². The molecular weight excluding hydrogens is 655 g/mol. The van der Waals surface area contributed by atoms with Gasteiger partial charge < -0.3 is 24.8 Å². The maximum Gasteiger partial charge on any atom is -1.00 e. The molecule has 1 atom stereocenters. The second-order valence-electron chi connectivity index (χ2n) is 15.0. The van der Waals surface area contributed by atoms with E-state index in [0.717, 1.165) is 12.8 Å². The van der Waals surface area contributed by atoms with Crippen LogP contribution in [0.5, 0.6) is 0 Å². The van der Waals surface area contributed by atoms with Crippen LogP contribution < -0.4 is 24.8 Å². The summed E-state index contributed by atoms with van der Waals surface area (Å²) in [7, 11) is 0. The molecule has 0 aromatic heterocycles. The van der Waals surface area contributed by atoms with Crippen molar-refractivity contribution < 1.29 is 49.0 Å². The Kier molecular flexibility index (Phi) is 12.6. The average Bonchev–Trinajstić information content (AvgIpc) is 3.57. The van der Waals surface area contributed by atoms with Crippen molar-refractivity contribution >= 4 is 14.4 Å². The molecule has 0 saturated carbocycles. The third-order valence-corrected chi connectivity index (χ3v) is 9.09. The standard InChI is InChI=1S/C25H25.C13H21.C3H6.2ClH.Zr/c1-14-12-24(3,4)22-8-16-7-17-9-23-19(15(2)13-25(23,5)6)11-21(17)20(16)10-18(14)22;1-6-10-8-11(7-2)12(9-10)13(3,4)5;1-3-2;;;/h8-12H,7H2,1-6H3;9-10H,6-7H2,1-5H3;1-2H3;2*1H;/q2*-1;;;;+2/p-2. The van der Waals surface area contributed by atoms with E-state index in [1.165, 1.54) is 76.4 Å². The summed E-state index contributed by atoms with van der Waals surface area (Å²) in [5.74, 6) is 0.573. The molecule has 0 saturated heterocycles. The normalized spacial score (nSPS) is 19.1. The van der Waals surface area contributed by atoms with Crippen LogP contribution in [-0.2, 0) is 41.5 Å². The van der Waals surface area contributed by atoms with Gasteiger partial charge in [-0.15, -0.1) is 11.6 Å². The van der Waals surface area contributed by atoms with Crippen molar-refractivity contribution in [3.63, 3.8) is 0 Å². The molecule has 2 aromatic rings. The molecule has 0 heterocycles. The largest absolute Gasteiger partial charge is 1.00 e. The van der Waals surface area contributed by atoms with E-state index in [1.54, 1.807) is 24.2 Å². The fourth-order valence-electron chi connectivity index (χ4n) is 7.14. The Morgan fingerprint density at radius 1 is 0.864 bits per heavy atom. The van der Waals surface area contributed by atoms with Gasteiger partial charge in [0.05, 0.1) is 0 Å². The molecule has 0 amide bonds. The summed E-state index contributed by atoms with van der Waals surface area (Å²) < 4.78 is 1.51. The Balaban J connectivity index is 0.000000303. The summed E-state index contributed by atoms with van der Waals surface area (Å²) in [6.07, 6.45) is 15.4. The van der Waals surface area contributed by atoms with Crippen molar-refractivity contribution in [3.05, 3.63) is 93.1 Å². The first-order valence-corrected chi connectivity index (χ1v) is 17.2. The fourth-order valence-corrected chi connectivity index (χ4v) is 7.14. The van der Waals surface area contributed by atoms with Crippen LogP contribution in [0.4, 0.5) is 0 Å². The number of fused-ring (bicyclic) bond motifs is 5. The van der Waals surface area contributed by atoms with E-state index in [0.29, 0.717) is 11.3 Å². The van der Waals surface area contributed by atoms with Crippen molar-refractivity contribution in [2.45, 2.75) is 120 Å². The number of hydrogen-bond donors (Lipinski definition) is 0. The predicted octanol–water partition coefficient (Wildman–Crippen LogP) is 5.34. The van der Waals surface area contributed by atoms with E-state index < -0.39 is 0 Å². The molecule has 0 fully saturated rings. The monoisotopic (exact) mass is 704 g/mol. The van der Waals surface area contributed by atoms with Crippen LogP contribution >= 0.6 is 0 Å². The molecule has 4 aliphatic carbocycles. The van der Waals surface area contributed by atoms with Crippen molar-refractivity contribution in [2.24, 2.45) is 11.3 Å². The fraction of sp³-hybridized carbons (Fsp3) is 0.488. The minimum Gasteiger partial charge on any atom is -1.00 e. The molecular formula is C41H52Cl2Zr-2. The molecule has 44 heavy (non-hydrogen) atoms. The molecule has 1 unspecified atom stereocenters. The van der Waals surface area contributed by atoms with Crippen LogP contribution in [0, 0.1) is 23.5 Å². The van der Waals surface area contributed by atoms with E-state index in [9.17, 15) is 0 Å². The number of hydrogen-bond acceptors (Lipinski definition) is 0. The first-order valence-electron chi connectivity index (χ1n) is 15.9. The summed E-state index contributed by atoms with van der Waals surface area (Å²) in [5, 5.41) is 0. The van der Waals surface area contributed by atoms with Crippen LogP contribution in [0.15, 0.2) is 47.6 Å². The van der Waals surface area contributed by atoms with Crippen molar-refractivity contribution in [3.8, 4) is 11.1 Å². The van der Waals surface area contributed by atoms with E-state index in [4.69, 9.17) is 0 Å². The van der Waals surface area contributed by atoms with Crippen LogP contribution in [0.2, 0.25) is 0 Å². The Morgan fingerprint density at radius 2 is 1.39 bits per heavy atom. The SMILES string of the molecule is CC1=[C-]C(C)(C)c2cc3c(cc21)-c1cc2c(cc1C3)C(C)(C)C=C2C.CCC1=[C-]C(CC)C=C1C(C)(C)C.C[C](C)=[Zr+2].[Cl-].[Cl-]. The zero-order chi connectivity index (χ0) is 31.4. The summed E-state index contributed by atoms with van der Waals surface area (Å²) in [6.45, 7) is 29.2. The van der Waals surface area contributed by atoms with Gasteiger partial charge in [0.1, 0.15) is 0 Å². The van der Waals surface area contributed by atoms with Gasteiger partial charge >= 0.3 is 41.3 Å². The summed E-state index contributed by atoms with van der Waals surface area (Å²) in [6, 6.07) is 9.81. The van der Waals surface area contributed by atoms with Gasteiger partial charge in [0, 0.05) is 5.41 Å². The average molecular weight is 707 g/mol. The molecule has 0 nitrogen and oxygen atoms in total. The second-order valence-corrected chi connectivity index (χ2v) is 17.5. The third-order valence-electron chi connectivity index (χ3n) is 9.09. The quantitative estimate of drug-likeness (QED) is 0.316. The Labute approximate surface area is 297 Å². The Bertz CT molecular complexity index is 1460. The molecule has 0 spiro atoms. The Hall–Kier alpha value is -1.27. The zero-order valence-corrected chi connectivity index (χ0v) is 33.4. The minimum atomic E-state index is 0. The smallest absolute Gasteiger partial charge is 1.00 e. The zero-order valence-electron chi connectivity index (χ0n) is 29.4. The summed E-state index contributed by atoms with van der Waals surface area (Å²) in [4.78, 5) is 0. The van der Waals surface area contributed by atoms with Gasteiger partial charge in [-0.3, -0.25) is 12.2 Å². The summed E-state index contributed by atoms with van der Waals surface area (Å²) in [5.41, 5.74) is 17.8. The van der Waals surface area contributed by atoms with E-state index >= 15 is 0 Å². The Morgan fingerprint density at radius 3 is 1.86 bits per heavy atom. The molecule has 6 rings (SSSR count). The van der Waals surface area contributed by atoms with E-state index in [1.807, 2.05) is 0 Å².